The molecule has 108 valence electrons. The first kappa shape index (κ1) is 14.7. The lowest BCUT2D eigenvalue weighted by atomic mass is 9.93. The fourth-order valence-corrected chi connectivity index (χ4v) is 2.34. The van der Waals surface area contributed by atoms with Gasteiger partial charge in [-0.25, -0.2) is 13.8 Å². The van der Waals surface area contributed by atoms with Crippen molar-refractivity contribution in [3.05, 3.63) is 53.6 Å². The summed E-state index contributed by atoms with van der Waals surface area (Å²) in [5.41, 5.74) is 7.54. The fourth-order valence-electron chi connectivity index (χ4n) is 2.34. The molecular formula is C15H19F2N3. The van der Waals surface area contributed by atoms with E-state index in [1.165, 1.54) is 6.07 Å². The minimum Gasteiger partial charge on any atom is -0.330 e. The molecule has 0 spiro atoms. The lowest BCUT2D eigenvalue weighted by Crippen LogP contribution is -2.21. The molecule has 0 aliphatic heterocycles. The summed E-state index contributed by atoms with van der Waals surface area (Å²) in [6.45, 7) is 5.19. The number of rotatable bonds is 5. The topological polar surface area (TPSA) is 43.8 Å². The average molecular weight is 279 g/mol. The van der Waals surface area contributed by atoms with Crippen LogP contribution in [0.5, 0.6) is 0 Å². The van der Waals surface area contributed by atoms with E-state index in [1.807, 2.05) is 4.57 Å². The molecule has 1 atom stereocenters. The molecule has 1 unspecified atom stereocenters. The van der Waals surface area contributed by atoms with E-state index in [0.29, 0.717) is 24.6 Å². The van der Waals surface area contributed by atoms with Gasteiger partial charge in [-0.1, -0.05) is 19.9 Å². The summed E-state index contributed by atoms with van der Waals surface area (Å²) >= 11 is 0. The van der Waals surface area contributed by atoms with E-state index >= 15 is 0 Å². The molecule has 3 nitrogen and oxygen atoms in total. The lowest BCUT2D eigenvalue weighted by Gasteiger charge is -2.20. The van der Waals surface area contributed by atoms with Crippen molar-refractivity contribution >= 4 is 0 Å². The van der Waals surface area contributed by atoms with Gasteiger partial charge in [0.1, 0.15) is 0 Å². The number of nitrogens with zero attached hydrogens (tertiary/aromatic N) is 2. The number of hydrogen-bond acceptors (Lipinski definition) is 2. The summed E-state index contributed by atoms with van der Waals surface area (Å²) in [7, 11) is 0. The average Bonchev–Trinajstić information content (AvgIpc) is 2.83. The standard InChI is InChI=1S/C15H19F2N3/c1-10(2)12(6-18)15-7-19-9-20(15)8-11-3-4-13(16)14(17)5-11/h3-5,7,9-10,12H,6,8,18H2,1-2H3. The van der Waals surface area contributed by atoms with Crippen LogP contribution in [0.4, 0.5) is 8.78 Å². The second-order valence-electron chi connectivity index (χ2n) is 5.28. The summed E-state index contributed by atoms with van der Waals surface area (Å²) in [6, 6.07) is 3.94. The van der Waals surface area contributed by atoms with Gasteiger partial charge in [-0.15, -0.1) is 0 Å². The highest BCUT2D eigenvalue weighted by atomic mass is 19.2. The maximum atomic E-state index is 13.2. The molecule has 0 amide bonds. The van der Waals surface area contributed by atoms with Crippen LogP contribution in [0.15, 0.2) is 30.7 Å². The Morgan fingerprint density at radius 2 is 2.00 bits per heavy atom. The normalized spacial score (nSPS) is 12.9. The second kappa shape index (κ2) is 6.13. The fraction of sp³-hybridized carbons (Fsp3) is 0.400. The van der Waals surface area contributed by atoms with Crippen LogP contribution in [-0.4, -0.2) is 16.1 Å². The van der Waals surface area contributed by atoms with E-state index in [4.69, 9.17) is 5.73 Å². The van der Waals surface area contributed by atoms with Crippen LogP contribution in [0, 0.1) is 17.6 Å². The number of nitrogens with two attached hydrogens (primary N) is 1. The molecule has 0 bridgehead atoms. The summed E-state index contributed by atoms with van der Waals surface area (Å²) < 4.78 is 28.1. The summed E-state index contributed by atoms with van der Waals surface area (Å²) in [5, 5.41) is 0. The second-order valence-corrected chi connectivity index (χ2v) is 5.28. The van der Waals surface area contributed by atoms with Crippen molar-refractivity contribution in [2.24, 2.45) is 11.7 Å². The molecule has 0 saturated heterocycles. The van der Waals surface area contributed by atoms with Crippen molar-refractivity contribution in [3.8, 4) is 0 Å². The lowest BCUT2D eigenvalue weighted by molar-refractivity contribution is 0.477. The van der Waals surface area contributed by atoms with Gasteiger partial charge in [-0.05, 0) is 23.6 Å². The van der Waals surface area contributed by atoms with Crippen LogP contribution >= 0.6 is 0 Å². The Morgan fingerprint density at radius 1 is 1.25 bits per heavy atom. The molecule has 20 heavy (non-hydrogen) atoms. The largest absolute Gasteiger partial charge is 0.330 e. The minimum absolute atomic E-state index is 0.197. The third kappa shape index (κ3) is 3.04. The van der Waals surface area contributed by atoms with Gasteiger partial charge < -0.3 is 10.3 Å². The highest BCUT2D eigenvalue weighted by Gasteiger charge is 2.18. The summed E-state index contributed by atoms with van der Waals surface area (Å²) in [6.07, 6.45) is 3.49. The van der Waals surface area contributed by atoms with Gasteiger partial charge in [0.25, 0.3) is 0 Å². The van der Waals surface area contributed by atoms with Gasteiger partial charge in [0.2, 0.25) is 0 Å². The van der Waals surface area contributed by atoms with E-state index in [1.54, 1.807) is 18.6 Å². The predicted molar refractivity (Wildman–Crippen MR) is 74.3 cm³/mol. The molecule has 1 aromatic carbocycles. The molecule has 1 heterocycles. The van der Waals surface area contributed by atoms with Gasteiger partial charge >= 0.3 is 0 Å². The van der Waals surface area contributed by atoms with Gasteiger partial charge in [-0.3, -0.25) is 0 Å². The Hall–Kier alpha value is -1.75. The smallest absolute Gasteiger partial charge is 0.159 e. The molecule has 0 aliphatic rings. The van der Waals surface area contributed by atoms with Crippen LogP contribution in [0.1, 0.15) is 31.0 Å². The first-order chi connectivity index (χ1) is 9.52. The summed E-state index contributed by atoms with van der Waals surface area (Å²) in [4.78, 5) is 4.15. The Bertz CT molecular complexity index is 578. The molecular weight excluding hydrogens is 260 g/mol. The Kier molecular flexibility index (Phi) is 4.49. The number of imidazole rings is 1. The van der Waals surface area contributed by atoms with Crippen molar-refractivity contribution < 1.29 is 8.78 Å². The minimum atomic E-state index is -0.832. The molecule has 1 aromatic heterocycles. The van der Waals surface area contributed by atoms with E-state index in [0.717, 1.165) is 11.8 Å². The van der Waals surface area contributed by atoms with Crippen LogP contribution in [-0.2, 0) is 6.54 Å². The molecule has 5 heteroatoms. The van der Waals surface area contributed by atoms with Crippen molar-refractivity contribution in [1.29, 1.82) is 0 Å². The Morgan fingerprint density at radius 3 is 2.60 bits per heavy atom. The zero-order chi connectivity index (χ0) is 14.7. The quantitative estimate of drug-likeness (QED) is 0.914. The monoisotopic (exact) mass is 279 g/mol. The number of hydrogen-bond donors (Lipinski definition) is 1. The summed E-state index contributed by atoms with van der Waals surface area (Å²) in [5.74, 6) is -1.08. The molecule has 2 aromatic rings. The molecule has 0 saturated carbocycles. The van der Waals surface area contributed by atoms with Crippen LogP contribution in [0.3, 0.4) is 0 Å². The highest BCUT2D eigenvalue weighted by Crippen LogP contribution is 2.23. The maximum absolute atomic E-state index is 13.2. The van der Waals surface area contributed by atoms with Gasteiger partial charge in [0, 0.05) is 30.9 Å². The molecule has 2 N–H and O–H groups in total. The zero-order valence-corrected chi connectivity index (χ0v) is 11.7. The predicted octanol–water partition coefficient (Wildman–Crippen LogP) is 2.91. The van der Waals surface area contributed by atoms with Crippen molar-refractivity contribution in [1.82, 2.24) is 9.55 Å². The van der Waals surface area contributed by atoms with Crippen molar-refractivity contribution in [2.45, 2.75) is 26.3 Å². The van der Waals surface area contributed by atoms with E-state index in [-0.39, 0.29) is 5.92 Å². The Labute approximate surface area is 117 Å². The SMILES string of the molecule is CC(C)C(CN)c1cncn1Cc1ccc(F)c(F)c1. The van der Waals surface area contributed by atoms with Gasteiger partial charge in [0.15, 0.2) is 11.6 Å². The molecule has 0 radical (unpaired) electrons. The van der Waals surface area contributed by atoms with Gasteiger partial charge in [0.05, 0.1) is 6.33 Å². The molecule has 0 fully saturated rings. The molecule has 2 rings (SSSR count). The zero-order valence-electron chi connectivity index (χ0n) is 11.7. The van der Waals surface area contributed by atoms with Crippen LogP contribution < -0.4 is 5.73 Å². The maximum Gasteiger partial charge on any atom is 0.159 e. The number of benzene rings is 1. The van der Waals surface area contributed by atoms with Gasteiger partial charge in [-0.2, -0.15) is 0 Å². The van der Waals surface area contributed by atoms with E-state index < -0.39 is 11.6 Å². The van der Waals surface area contributed by atoms with E-state index in [2.05, 4.69) is 18.8 Å². The molecule has 0 aliphatic carbocycles. The third-order valence-corrected chi connectivity index (χ3v) is 3.52. The third-order valence-electron chi connectivity index (χ3n) is 3.52. The highest BCUT2D eigenvalue weighted by molar-refractivity contribution is 5.20. The van der Waals surface area contributed by atoms with Crippen LogP contribution in [0.25, 0.3) is 0 Å². The van der Waals surface area contributed by atoms with Crippen molar-refractivity contribution in [2.75, 3.05) is 6.54 Å². The first-order valence-corrected chi connectivity index (χ1v) is 6.67. The van der Waals surface area contributed by atoms with Crippen LogP contribution in [0.2, 0.25) is 0 Å². The van der Waals surface area contributed by atoms with Crippen molar-refractivity contribution in [3.63, 3.8) is 0 Å². The van der Waals surface area contributed by atoms with E-state index in [9.17, 15) is 8.78 Å². The number of aromatic nitrogens is 2. The first-order valence-electron chi connectivity index (χ1n) is 6.67. The Balaban J connectivity index is 2.26. The number of halogens is 2.